The molecule has 218 valence electrons. The van der Waals surface area contributed by atoms with Crippen molar-refractivity contribution in [2.75, 3.05) is 19.7 Å². The van der Waals surface area contributed by atoms with Crippen LogP contribution in [0, 0.1) is 33.5 Å². The summed E-state index contributed by atoms with van der Waals surface area (Å²) in [5, 5.41) is 10.9. The monoisotopic (exact) mass is 557 g/mol. The number of hydrogen-bond acceptors (Lipinski definition) is 5. The highest BCUT2D eigenvalue weighted by molar-refractivity contribution is 6.10. The zero-order valence-electron chi connectivity index (χ0n) is 24.4. The molecule has 0 aromatic heterocycles. The molecule has 6 nitrogen and oxygen atoms in total. The molecule has 6 aliphatic carbocycles. The summed E-state index contributed by atoms with van der Waals surface area (Å²) in [5.74, 6) is 0.630. The minimum Gasteiger partial charge on any atom is -0.440 e. The van der Waals surface area contributed by atoms with Crippen LogP contribution in [0.4, 0.5) is 4.79 Å². The molecule has 5 fully saturated rings. The number of rotatable bonds is 4. The molecular weight excluding hydrogens is 514 g/mol. The molecule has 41 heavy (non-hydrogen) atoms. The third kappa shape index (κ3) is 3.21. The zero-order valence-corrected chi connectivity index (χ0v) is 24.4. The van der Waals surface area contributed by atoms with Gasteiger partial charge in [-0.05, 0) is 75.0 Å². The first-order chi connectivity index (χ1) is 19.7. The quantitative estimate of drug-likeness (QED) is 0.358. The molecule has 1 aromatic carbocycles. The standard InChI is InChI=1S/C35H43NO5/c1-31-13-10-24(37)19-33(31)16-17-35(26(20-33)29(38)23-7-4-3-5-8-23)27(31)11-14-32(2)28(35)12-15-34(32)22-36(30(39)41-34)21-25-9-6-18-40-25/h3-5,7-8,16-17,20,24-25,27-28,37H,6,9-15,18-19,21-22H2,1-2H3. The summed E-state index contributed by atoms with van der Waals surface area (Å²) in [6.07, 6.45) is 14.9. The Labute approximate surface area is 243 Å². The largest absolute Gasteiger partial charge is 0.440 e. The van der Waals surface area contributed by atoms with E-state index in [-0.39, 0.29) is 46.2 Å². The van der Waals surface area contributed by atoms with Gasteiger partial charge in [-0.3, -0.25) is 4.79 Å². The van der Waals surface area contributed by atoms with E-state index in [2.05, 4.69) is 32.1 Å². The van der Waals surface area contributed by atoms with Gasteiger partial charge in [0.25, 0.3) is 0 Å². The molecule has 1 N–H and O–H groups in total. The molecule has 8 aliphatic rings. The van der Waals surface area contributed by atoms with E-state index in [1.54, 1.807) is 0 Å². The van der Waals surface area contributed by atoms with Crippen LogP contribution in [-0.2, 0) is 9.47 Å². The Bertz CT molecular complexity index is 1350. The van der Waals surface area contributed by atoms with Crippen LogP contribution in [0.15, 0.2) is 54.1 Å². The third-order valence-corrected chi connectivity index (χ3v) is 13.4. The number of hydrogen-bond donors (Lipinski definition) is 1. The minimum atomic E-state index is -0.544. The van der Waals surface area contributed by atoms with Gasteiger partial charge in [-0.25, -0.2) is 4.79 Å². The number of ketones is 1. The Kier molecular flexibility index (Phi) is 5.47. The molecule has 6 heteroatoms. The predicted molar refractivity (Wildman–Crippen MR) is 154 cm³/mol. The molecule has 2 bridgehead atoms. The third-order valence-electron chi connectivity index (χ3n) is 13.4. The smallest absolute Gasteiger partial charge is 0.410 e. The summed E-state index contributed by atoms with van der Waals surface area (Å²) in [7, 11) is 0. The SMILES string of the molecule is CC12CCC(O)CC13C=CC1(C(C(=O)c4ccccc4)=C3)C2CCC2(C)C1CCC21CN(CC2CCCO2)C(=O)O1. The predicted octanol–water partition coefficient (Wildman–Crippen LogP) is 6.10. The van der Waals surface area contributed by atoms with Crippen molar-refractivity contribution < 1.29 is 24.2 Å². The Balaban J connectivity index is 1.23. The van der Waals surface area contributed by atoms with Crippen LogP contribution in [-0.4, -0.2) is 59.4 Å². The van der Waals surface area contributed by atoms with E-state index in [1.165, 1.54) is 0 Å². The van der Waals surface area contributed by atoms with Gasteiger partial charge in [-0.15, -0.1) is 0 Å². The average molecular weight is 558 g/mol. The van der Waals surface area contributed by atoms with Crippen molar-refractivity contribution in [3.8, 4) is 0 Å². The summed E-state index contributed by atoms with van der Waals surface area (Å²) in [6.45, 7) is 6.79. The Morgan fingerprint density at radius 2 is 1.76 bits per heavy atom. The molecule has 1 aromatic rings. The van der Waals surface area contributed by atoms with Crippen LogP contribution in [0.5, 0.6) is 0 Å². The van der Waals surface area contributed by atoms with Crippen molar-refractivity contribution in [1.82, 2.24) is 4.90 Å². The zero-order chi connectivity index (χ0) is 28.3. The highest BCUT2D eigenvalue weighted by Gasteiger charge is 2.76. The number of nitrogens with zero attached hydrogens (tertiary/aromatic N) is 1. The molecule has 2 aliphatic heterocycles. The molecule has 3 spiro atoms. The Hall–Kier alpha value is -2.44. The lowest BCUT2D eigenvalue weighted by atomic mass is 9.32. The number of amides is 1. The second-order valence-corrected chi connectivity index (χ2v) is 14.9. The molecule has 1 amide bonds. The van der Waals surface area contributed by atoms with E-state index < -0.39 is 11.0 Å². The van der Waals surface area contributed by atoms with Crippen molar-refractivity contribution in [3.63, 3.8) is 0 Å². The normalized spacial score (nSPS) is 47.6. The lowest BCUT2D eigenvalue weighted by Gasteiger charge is -2.71. The van der Waals surface area contributed by atoms with Gasteiger partial charge in [0.2, 0.25) is 0 Å². The van der Waals surface area contributed by atoms with Gasteiger partial charge in [-0.2, -0.15) is 0 Å². The second-order valence-electron chi connectivity index (χ2n) is 14.9. The van der Waals surface area contributed by atoms with Gasteiger partial charge in [0.15, 0.2) is 5.78 Å². The highest BCUT2D eigenvalue weighted by Crippen LogP contribution is 2.79. The number of allylic oxidation sites excluding steroid dienone is 4. The van der Waals surface area contributed by atoms with Crippen LogP contribution in [0.3, 0.4) is 0 Å². The maximum atomic E-state index is 14.5. The summed E-state index contributed by atoms with van der Waals surface area (Å²) >= 11 is 0. The molecule has 0 radical (unpaired) electrons. The second kappa shape index (κ2) is 8.57. The first-order valence-electron chi connectivity index (χ1n) is 16.0. The lowest BCUT2D eigenvalue weighted by molar-refractivity contribution is -0.164. The van der Waals surface area contributed by atoms with E-state index in [4.69, 9.17) is 9.47 Å². The van der Waals surface area contributed by atoms with Crippen LogP contribution in [0.25, 0.3) is 0 Å². The van der Waals surface area contributed by atoms with E-state index in [1.807, 2.05) is 35.2 Å². The Morgan fingerprint density at radius 3 is 2.54 bits per heavy atom. The summed E-state index contributed by atoms with van der Waals surface area (Å²) in [4.78, 5) is 29.8. The number of Topliss-reactive ketones (excluding diaryl/α,β-unsaturated/α-hetero) is 1. The van der Waals surface area contributed by atoms with Crippen LogP contribution in [0.2, 0.25) is 0 Å². The average Bonchev–Trinajstić information content (AvgIpc) is 3.67. The minimum absolute atomic E-state index is 0.0171. The molecular formula is C35H43NO5. The van der Waals surface area contributed by atoms with Gasteiger partial charge < -0.3 is 19.5 Å². The number of carbonyl (C=O) groups is 2. The van der Waals surface area contributed by atoms with Gasteiger partial charge in [0, 0.05) is 34.0 Å². The first-order valence-corrected chi connectivity index (χ1v) is 16.0. The van der Waals surface area contributed by atoms with Crippen molar-refractivity contribution in [2.24, 2.45) is 33.5 Å². The van der Waals surface area contributed by atoms with E-state index >= 15 is 0 Å². The molecule has 9 atom stereocenters. The highest BCUT2D eigenvalue weighted by atomic mass is 16.6. The lowest BCUT2D eigenvalue weighted by Crippen LogP contribution is -2.67. The number of fused-ring (bicyclic) bond motifs is 2. The molecule has 9 rings (SSSR count). The Morgan fingerprint density at radius 1 is 1.00 bits per heavy atom. The fraction of sp³-hybridized carbons (Fsp3) is 0.657. The summed E-state index contributed by atoms with van der Waals surface area (Å²) in [5.41, 5.74) is 0.143. The maximum absolute atomic E-state index is 14.5. The summed E-state index contributed by atoms with van der Waals surface area (Å²) in [6, 6.07) is 9.73. The number of ether oxygens (including phenoxy) is 2. The topological polar surface area (TPSA) is 76.1 Å². The van der Waals surface area contributed by atoms with Crippen molar-refractivity contribution in [2.45, 2.75) is 89.4 Å². The van der Waals surface area contributed by atoms with Gasteiger partial charge in [-0.1, -0.05) is 62.4 Å². The van der Waals surface area contributed by atoms with E-state index in [9.17, 15) is 14.7 Å². The molecule has 2 saturated heterocycles. The number of benzene rings is 1. The number of aliphatic hydroxyl groups is 1. The molecule has 9 unspecified atom stereocenters. The van der Waals surface area contributed by atoms with Crippen molar-refractivity contribution in [1.29, 1.82) is 0 Å². The van der Waals surface area contributed by atoms with Crippen LogP contribution < -0.4 is 0 Å². The number of carbonyl (C=O) groups excluding carboxylic acids is 2. The number of aliphatic hydroxyl groups excluding tert-OH is 1. The summed E-state index contributed by atoms with van der Waals surface area (Å²) < 4.78 is 12.4. The van der Waals surface area contributed by atoms with Crippen LogP contribution in [0.1, 0.15) is 82.0 Å². The molecule has 3 saturated carbocycles. The van der Waals surface area contributed by atoms with Gasteiger partial charge in [0.1, 0.15) is 5.60 Å². The molecule has 2 heterocycles. The van der Waals surface area contributed by atoms with Gasteiger partial charge in [0.05, 0.1) is 25.3 Å². The van der Waals surface area contributed by atoms with Gasteiger partial charge >= 0.3 is 6.09 Å². The van der Waals surface area contributed by atoms with Crippen molar-refractivity contribution >= 4 is 11.9 Å². The van der Waals surface area contributed by atoms with Crippen LogP contribution >= 0.6 is 0 Å². The fourth-order valence-corrected chi connectivity index (χ4v) is 11.3. The fourth-order valence-electron chi connectivity index (χ4n) is 11.3. The maximum Gasteiger partial charge on any atom is 0.410 e. The van der Waals surface area contributed by atoms with E-state index in [0.717, 1.165) is 69.1 Å². The van der Waals surface area contributed by atoms with Crippen molar-refractivity contribution in [3.05, 3.63) is 59.7 Å². The first kappa shape index (κ1) is 26.2. The van der Waals surface area contributed by atoms with E-state index in [0.29, 0.717) is 25.4 Å².